The molecule has 2 aromatic carbocycles. The van der Waals surface area contributed by atoms with Crippen molar-refractivity contribution in [2.75, 3.05) is 0 Å². The van der Waals surface area contributed by atoms with Gasteiger partial charge in [0.25, 0.3) is 0 Å². The van der Waals surface area contributed by atoms with Crippen LogP contribution in [0.2, 0.25) is 10.0 Å². The Labute approximate surface area is 178 Å². The molecule has 0 aliphatic carbocycles. The number of esters is 1. The van der Waals surface area contributed by atoms with Gasteiger partial charge in [0.1, 0.15) is 5.75 Å². The van der Waals surface area contributed by atoms with Crippen LogP contribution in [0.4, 0.5) is 0 Å². The van der Waals surface area contributed by atoms with Crippen molar-refractivity contribution in [3.05, 3.63) is 62.1 Å². The van der Waals surface area contributed by atoms with Crippen LogP contribution < -0.4 is 0 Å². The maximum absolute atomic E-state index is 13.2. The number of phenols is 1. The van der Waals surface area contributed by atoms with Gasteiger partial charge in [-0.1, -0.05) is 42.6 Å². The topological polar surface area (TPSA) is 101 Å². The highest BCUT2D eigenvalue weighted by Crippen LogP contribution is 2.35. The lowest BCUT2D eigenvalue weighted by Gasteiger charge is -2.15. The highest BCUT2D eigenvalue weighted by Gasteiger charge is 2.30. The quantitative estimate of drug-likeness (QED) is 0.457. The van der Waals surface area contributed by atoms with E-state index in [0.29, 0.717) is 6.42 Å². The smallest absolute Gasteiger partial charge is 0.339 e. The zero-order valence-electron chi connectivity index (χ0n) is 16.1. The molecule has 0 heterocycles. The molecular formula is C21H20Cl2O6. The third-order valence-electron chi connectivity index (χ3n) is 4.06. The zero-order valence-corrected chi connectivity index (χ0v) is 17.6. The van der Waals surface area contributed by atoms with Crippen molar-refractivity contribution in [1.29, 1.82) is 0 Å². The average Bonchev–Trinajstić information content (AvgIpc) is 2.63. The molecule has 0 radical (unpaired) electrons. The normalized spacial score (nSPS) is 10.8. The number of carbonyl (C=O) groups is 3. The molecule has 29 heavy (non-hydrogen) atoms. The molecule has 0 bridgehead atoms. The molecule has 8 heteroatoms. The first kappa shape index (κ1) is 22.7. The first-order valence-electron chi connectivity index (χ1n) is 8.91. The van der Waals surface area contributed by atoms with E-state index in [1.54, 1.807) is 19.9 Å². The second kappa shape index (κ2) is 9.29. The van der Waals surface area contributed by atoms with Crippen molar-refractivity contribution < 1.29 is 29.3 Å². The zero-order chi connectivity index (χ0) is 21.9. The van der Waals surface area contributed by atoms with Crippen LogP contribution in [0.3, 0.4) is 0 Å². The lowest BCUT2D eigenvalue weighted by Crippen LogP contribution is -2.17. The number of ketones is 1. The summed E-state index contributed by atoms with van der Waals surface area (Å²) in [6.45, 7) is 5.21. The van der Waals surface area contributed by atoms with Crippen LogP contribution in [-0.4, -0.2) is 34.0 Å². The van der Waals surface area contributed by atoms with E-state index in [4.69, 9.17) is 27.9 Å². The van der Waals surface area contributed by atoms with E-state index in [1.165, 1.54) is 12.1 Å². The largest absolute Gasteiger partial charge is 0.507 e. The van der Waals surface area contributed by atoms with Gasteiger partial charge in [-0.3, -0.25) is 4.79 Å². The van der Waals surface area contributed by atoms with Gasteiger partial charge in [-0.05, 0) is 44.0 Å². The minimum absolute atomic E-state index is 0.134. The summed E-state index contributed by atoms with van der Waals surface area (Å²) in [6, 6.07) is 5.54. The highest BCUT2D eigenvalue weighted by atomic mass is 35.5. The lowest BCUT2D eigenvalue weighted by molar-refractivity contribution is 0.0377. The van der Waals surface area contributed by atoms with E-state index in [-0.39, 0.29) is 21.9 Å². The summed E-state index contributed by atoms with van der Waals surface area (Å²) >= 11 is 12.4. The monoisotopic (exact) mass is 438 g/mol. The van der Waals surface area contributed by atoms with Crippen molar-refractivity contribution in [3.63, 3.8) is 0 Å². The maximum atomic E-state index is 13.2. The number of carboxylic acid groups (broad SMARTS) is 1. The van der Waals surface area contributed by atoms with Crippen LogP contribution in [0.15, 0.2) is 24.3 Å². The Hall–Kier alpha value is -2.57. The lowest BCUT2D eigenvalue weighted by atomic mass is 9.93. The van der Waals surface area contributed by atoms with Gasteiger partial charge in [0.05, 0.1) is 38.4 Å². The number of benzene rings is 2. The van der Waals surface area contributed by atoms with Crippen molar-refractivity contribution in [3.8, 4) is 5.75 Å². The van der Waals surface area contributed by atoms with Gasteiger partial charge in [-0.25, -0.2) is 9.59 Å². The fourth-order valence-corrected chi connectivity index (χ4v) is 3.41. The number of aromatic carboxylic acids is 1. The number of ether oxygens (including phenoxy) is 1. The van der Waals surface area contributed by atoms with E-state index >= 15 is 0 Å². The van der Waals surface area contributed by atoms with Crippen molar-refractivity contribution in [2.45, 2.75) is 39.7 Å². The maximum Gasteiger partial charge on any atom is 0.339 e. The van der Waals surface area contributed by atoms with Crippen molar-refractivity contribution >= 4 is 40.9 Å². The van der Waals surface area contributed by atoms with Crippen LogP contribution in [-0.2, 0) is 11.2 Å². The number of aryl methyl sites for hydroxylation is 1. The number of phenolic OH excluding ortho intramolecular Hbond substituents is 1. The number of halogens is 2. The van der Waals surface area contributed by atoms with E-state index in [9.17, 15) is 24.6 Å². The number of hydrogen-bond acceptors (Lipinski definition) is 5. The van der Waals surface area contributed by atoms with E-state index < -0.39 is 40.0 Å². The van der Waals surface area contributed by atoms with Crippen LogP contribution in [0, 0.1) is 0 Å². The van der Waals surface area contributed by atoms with Crippen molar-refractivity contribution in [2.24, 2.45) is 0 Å². The Kier molecular flexibility index (Phi) is 7.27. The molecule has 6 nitrogen and oxygen atoms in total. The molecule has 0 atom stereocenters. The number of aromatic hydroxyl groups is 1. The van der Waals surface area contributed by atoms with Gasteiger partial charge >= 0.3 is 11.9 Å². The van der Waals surface area contributed by atoms with Crippen LogP contribution >= 0.6 is 23.2 Å². The molecule has 154 valence electrons. The predicted molar refractivity (Wildman–Crippen MR) is 110 cm³/mol. The molecule has 0 saturated heterocycles. The highest BCUT2D eigenvalue weighted by molar-refractivity contribution is 6.42. The molecule has 0 unspecified atom stereocenters. The minimum atomic E-state index is -1.49. The Morgan fingerprint density at radius 1 is 1.07 bits per heavy atom. The van der Waals surface area contributed by atoms with Gasteiger partial charge in [-0.15, -0.1) is 0 Å². The summed E-state index contributed by atoms with van der Waals surface area (Å²) < 4.78 is 5.10. The number of hydrogen-bond donors (Lipinski definition) is 2. The first-order chi connectivity index (χ1) is 13.6. The van der Waals surface area contributed by atoms with Gasteiger partial charge in [-0.2, -0.15) is 0 Å². The molecule has 0 saturated carbocycles. The molecule has 0 fully saturated rings. The second-order valence-electron chi connectivity index (χ2n) is 6.66. The summed E-state index contributed by atoms with van der Waals surface area (Å²) in [5, 5.41) is 19.0. The molecule has 0 aliphatic rings. The number of rotatable bonds is 7. The van der Waals surface area contributed by atoms with Gasteiger partial charge in [0, 0.05) is 0 Å². The Morgan fingerprint density at radius 3 is 2.28 bits per heavy atom. The molecule has 0 amide bonds. The summed E-state index contributed by atoms with van der Waals surface area (Å²) in [5.74, 6) is -3.53. The summed E-state index contributed by atoms with van der Waals surface area (Å²) in [7, 11) is 0. The summed E-state index contributed by atoms with van der Waals surface area (Å²) in [6.07, 6.45) is 0.995. The molecule has 2 aromatic rings. The Morgan fingerprint density at radius 2 is 1.72 bits per heavy atom. The fourth-order valence-electron chi connectivity index (χ4n) is 2.82. The van der Waals surface area contributed by atoms with E-state index in [2.05, 4.69) is 0 Å². The summed E-state index contributed by atoms with van der Waals surface area (Å²) in [4.78, 5) is 37.3. The Bertz CT molecular complexity index is 982. The van der Waals surface area contributed by atoms with E-state index in [1.807, 2.05) is 6.92 Å². The Balaban J connectivity index is 2.74. The molecule has 2 N–H and O–H groups in total. The second-order valence-corrected chi connectivity index (χ2v) is 7.44. The first-order valence-corrected chi connectivity index (χ1v) is 9.66. The predicted octanol–water partition coefficient (Wildman–Crippen LogP) is 5.15. The van der Waals surface area contributed by atoms with Gasteiger partial charge in [0.15, 0.2) is 5.78 Å². The molecule has 0 spiro atoms. The van der Waals surface area contributed by atoms with Gasteiger partial charge < -0.3 is 14.9 Å². The van der Waals surface area contributed by atoms with Crippen LogP contribution in [0.1, 0.15) is 69.4 Å². The standard InChI is InChI=1S/C21H20Cl2O6/c1-4-5-11-6-7-15(24)12(8-11)19(25)17-16(20(26)27)14(22)9-13(18(17)23)21(28)29-10(2)3/h6-10,24H,4-5H2,1-3H3,(H,26,27). The third-order valence-corrected chi connectivity index (χ3v) is 4.75. The number of carboxylic acids is 1. The molecule has 0 aliphatic heterocycles. The fraction of sp³-hybridized carbons (Fsp3) is 0.286. The molecule has 2 rings (SSSR count). The van der Waals surface area contributed by atoms with Gasteiger partial charge in [0.2, 0.25) is 0 Å². The number of carbonyl (C=O) groups excluding carboxylic acids is 2. The molecular weight excluding hydrogens is 419 g/mol. The van der Waals surface area contributed by atoms with Crippen molar-refractivity contribution in [1.82, 2.24) is 0 Å². The third kappa shape index (κ3) is 4.89. The average molecular weight is 439 g/mol. The molecule has 0 aromatic heterocycles. The minimum Gasteiger partial charge on any atom is -0.507 e. The SMILES string of the molecule is CCCc1ccc(O)c(C(=O)c2c(Cl)c(C(=O)OC(C)C)cc(Cl)c2C(=O)O)c1. The van der Waals surface area contributed by atoms with Crippen LogP contribution in [0.5, 0.6) is 5.75 Å². The van der Waals surface area contributed by atoms with E-state index in [0.717, 1.165) is 18.1 Å². The van der Waals surface area contributed by atoms with Crippen LogP contribution in [0.25, 0.3) is 0 Å². The summed E-state index contributed by atoms with van der Waals surface area (Å²) in [5.41, 5.74) is -0.619.